The van der Waals surface area contributed by atoms with Gasteiger partial charge in [0.2, 0.25) is 5.91 Å². The Labute approximate surface area is 90.6 Å². The van der Waals surface area contributed by atoms with Crippen LogP contribution in [0, 0.1) is 0 Å². The highest BCUT2D eigenvalue weighted by molar-refractivity contribution is 5.84. The van der Waals surface area contributed by atoms with Gasteiger partial charge in [-0.2, -0.15) is 0 Å². The fourth-order valence-corrected chi connectivity index (χ4v) is 2.77. The summed E-state index contributed by atoms with van der Waals surface area (Å²) in [4.78, 5) is 16.6. The molecule has 0 radical (unpaired) electrons. The van der Waals surface area contributed by atoms with Crippen molar-refractivity contribution in [2.75, 3.05) is 32.7 Å². The lowest BCUT2D eigenvalue weighted by molar-refractivity contribution is -0.132. The number of rotatable bonds is 2. The van der Waals surface area contributed by atoms with Crippen LogP contribution in [0.5, 0.6) is 0 Å². The maximum absolute atomic E-state index is 12.2. The van der Waals surface area contributed by atoms with E-state index >= 15 is 0 Å². The molecule has 0 aromatic heterocycles. The van der Waals surface area contributed by atoms with Crippen LogP contribution in [0.3, 0.4) is 0 Å². The third kappa shape index (κ3) is 1.76. The zero-order chi connectivity index (χ0) is 10.3. The van der Waals surface area contributed by atoms with Crippen LogP contribution in [0.25, 0.3) is 0 Å². The van der Waals surface area contributed by atoms with Crippen molar-refractivity contribution in [3.63, 3.8) is 0 Å². The minimum absolute atomic E-state index is 0.202. The minimum Gasteiger partial charge on any atom is -0.338 e. The smallest absolute Gasteiger partial charge is 0.240 e. The van der Waals surface area contributed by atoms with E-state index in [0.717, 1.165) is 39.1 Å². The van der Waals surface area contributed by atoms with E-state index in [4.69, 9.17) is 0 Å². The van der Waals surface area contributed by atoms with Crippen LogP contribution in [0.4, 0.5) is 0 Å². The van der Waals surface area contributed by atoms with Crippen LogP contribution >= 0.6 is 0 Å². The first-order valence-electron chi connectivity index (χ1n) is 6.11. The van der Waals surface area contributed by atoms with Gasteiger partial charge in [0.15, 0.2) is 0 Å². The Morgan fingerprint density at radius 1 is 1.07 bits per heavy atom. The zero-order valence-electron chi connectivity index (χ0n) is 9.11. The summed E-state index contributed by atoms with van der Waals surface area (Å²) < 4.78 is 0. The van der Waals surface area contributed by atoms with E-state index < -0.39 is 0 Å². The molecule has 3 rings (SSSR count). The molecule has 2 aliphatic heterocycles. The number of hydrogen-bond acceptors (Lipinski definition) is 3. The number of amides is 1. The Morgan fingerprint density at radius 2 is 1.80 bits per heavy atom. The first kappa shape index (κ1) is 9.60. The van der Waals surface area contributed by atoms with E-state index in [1.54, 1.807) is 0 Å². The maximum atomic E-state index is 12.2. The molecular formula is C11H19N3O. The molecule has 4 nitrogen and oxygen atoms in total. The third-order valence-corrected chi connectivity index (χ3v) is 3.79. The van der Waals surface area contributed by atoms with Crippen LogP contribution in [-0.2, 0) is 4.79 Å². The molecule has 0 spiro atoms. The molecule has 1 saturated carbocycles. The van der Waals surface area contributed by atoms with E-state index in [-0.39, 0.29) is 6.04 Å². The molecule has 3 aliphatic rings. The van der Waals surface area contributed by atoms with Gasteiger partial charge in [-0.15, -0.1) is 0 Å². The third-order valence-electron chi connectivity index (χ3n) is 3.79. The number of piperazine rings is 1. The first-order valence-corrected chi connectivity index (χ1v) is 6.11. The lowest BCUT2D eigenvalue weighted by Gasteiger charge is -2.31. The van der Waals surface area contributed by atoms with Gasteiger partial charge in [-0.05, 0) is 19.3 Å². The largest absolute Gasteiger partial charge is 0.338 e. The number of carbonyl (C=O) groups is 1. The first-order chi connectivity index (χ1) is 7.36. The predicted octanol–water partition coefficient (Wildman–Crippen LogP) is -0.345. The Hall–Kier alpha value is -0.610. The van der Waals surface area contributed by atoms with Gasteiger partial charge in [-0.3, -0.25) is 9.69 Å². The molecule has 1 amide bonds. The molecular weight excluding hydrogens is 190 g/mol. The van der Waals surface area contributed by atoms with Gasteiger partial charge in [0.05, 0.1) is 6.04 Å². The SMILES string of the molecule is O=C1[C@@H](N2CCNCC2)CCN1C1CC1. The summed E-state index contributed by atoms with van der Waals surface area (Å²) in [5, 5.41) is 3.33. The van der Waals surface area contributed by atoms with Crippen LogP contribution in [0.15, 0.2) is 0 Å². The van der Waals surface area contributed by atoms with Crippen LogP contribution < -0.4 is 5.32 Å². The average Bonchev–Trinajstić information content (AvgIpc) is 3.04. The predicted molar refractivity (Wildman–Crippen MR) is 57.6 cm³/mol. The van der Waals surface area contributed by atoms with Crippen LogP contribution in [-0.4, -0.2) is 60.5 Å². The fraction of sp³-hybridized carbons (Fsp3) is 0.909. The van der Waals surface area contributed by atoms with Crippen molar-refractivity contribution in [3.8, 4) is 0 Å². The van der Waals surface area contributed by atoms with Gasteiger partial charge in [-0.25, -0.2) is 0 Å². The summed E-state index contributed by atoms with van der Waals surface area (Å²) in [6.45, 7) is 5.14. The molecule has 0 unspecified atom stereocenters. The second-order valence-corrected chi connectivity index (χ2v) is 4.85. The molecule has 1 aliphatic carbocycles. The molecule has 3 fully saturated rings. The van der Waals surface area contributed by atoms with E-state index in [1.807, 2.05) is 0 Å². The van der Waals surface area contributed by atoms with Crippen molar-refractivity contribution in [3.05, 3.63) is 0 Å². The van der Waals surface area contributed by atoms with Crippen molar-refractivity contribution >= 4 is 5.91 Å². The molecule has 0 bridgehead atoms. The zero-order valence-corrected chi connectivity index (χ0v) is 9.11. The normalized spacial score (nSPS) is 33.7. The molecule has 2 heterocycles. The number of nitrogens with zero attached hydrogens (tertiary/aromatic N) is 2. The number of likely N-dealkylation sites (tertiary alicyclic amines) is 1. The molecule has 2 saturated heterocycles. The van der Waals surface area contributed by atoms with Crippen molar-refractivity contribution in [2.45, 2.75) is 31.3 Å². The van der Waals surface area contributed by atoms with Crippen molar-refractivity contribution in [1.82, 2.24) is 15.1 Å². The highest BCUT2D eigenvalue weighted by Gasteiger charge is 2.42. The van der Waals surface area contributed by atoms with Crippen LogP contribution in [0.2, 0.25) is 0 Å². The molecule has 84 valence electrons. The standard InChI is InChI=1S/C11H19N3O/c15-11-10(13-7-4-12-5-8-13)3-6-14(11)9-1-2-9/h9-10,12H,1-8H2/t10-/m0/s1. The summed E-state index contributed by atoms with van der Waals surface area (Å²) in [5.41, 5.74) is 0. The van der Waals surface area contributed by atoms with Gasteiger partial charge in [0.25, 0.3) is 0 Å². The van der Waals surface area contributed by atoms with E-state index in [9.17, 15) is 4.79 Å². The summed E-state index contributed by atoms with van der Waals surface area (Å²) in [6, 6.07) is 0.804. The lowest BCUT2D eigenvalue weighted by atomic mass is 10.2. The average molecular weight is 209 g/mol. The van der Waals surface area contributed by atoms with Gasteiger partial charge in [0, 0.05) is 38.8 Å². The van der Waals surface area contributed by atoms with Gasteiger partial charge >= 0.3 is 0 Å². The van der Waals surface area contributed by atoms with Crippen molar-refractivity contribution < 1.29 is 4.79 Å². The fourth-order valence-electron chi connectivity index (χ4n) is 2.77. The van der Waals surface area contributed by atoms with Gasteiger partial charge in [-0.1, -0.05) is 0 Å². The summed E-state index contributed by atoms with van der Waals surface area (Å²) in [7, 11) is 0. The van der Waals surface area contributed by atoms with E-state index in [1.165, 1.54) is 12.8 Å². The lowest BCUT2D eigenvalue weighted by Crippen LogP contribution is -2.51. The highest BCUT2D eigenvalue weighted by Crippen LogP contribution is 2.31. The Bertz CT molecular complexity index is 259. The van der Waals surface area contributed by atoms with Crippen molar-refractivity contribution in [1.29, 1.82) is 0 Å². The second kappa shape index (κ2) is 3.76. The number of carbonyl (C=O) groups excluding carboxylic acids is 1. The molecule has 1 atom stereocenters. The van der Waals surface area contributed by atoms with Crippen LogP contribution in [0.1, 0.15) is 19.3 Å². The summed E-state index contributed by atoms with van der Waals surface area (Å²) in [6.07, 6.45) is 3.52. The Balaban J connectivity index is 1.64. The maximum Gasteiger partial charge on any atom is 0.240 e. The molecule has 0 aromatic rings. The molecule has 4 heteroatoms. The second-order valence-electron chi connectivity index (χ2n) is 4.85. The molecule has 0 aromatic carbocycles. The van der Waals surface area contributed by atoms with Gasteiger partial charge in [0.1, 0.15) is 0 Å². The number of hydrogen-bond donors (Lipinski definition) is 1. The summed E-state index contributed by atoms with van der Waals surface area (Å²) in [5.74, 6) is 0.402. The quantitative estimate of drug-likeness (QED) is 0.675. The minimum atomic E-state index is 0.202. The number of nitrogens with one attached hydrogen (secondary N) is 1. The van der Waals surface area contributed by atoms with Gasteiger partial charge < -0.3 is 10.2 Å². The Kier molecular flexibility index (Phi) is 2.41. The molecule has 1 N–H and O–H groups in total. The summed E-state index contributed by atoms with van der Waals surface area (Å²) >= 11 is 0. The topological polar surface area (TPSA) is 35.6 Å². The highest BCUT2D eigenvalue weighted by atomic mass is 16.2. The van der Waals surface area contributed by atoms with E-state index in [2.05, 4.69) is 15.1 Å². The Morgan fingerprint density at radius 3 is 2.47 bits per heavy atom. The molecule has 15 heavy (non-hydrogen) atoms. The van der Waals surface area contributed by atoms with Crippen molar-refractivity contribution in [2.24, 2.45) is 0 Å². The monoisotopic (exact) mass is 209 g/mol. The van der Waals surface area contributed by atoms with E-state index in [0.29, 0.717) is 11.9 Å².